The average molecular weight is 321 g/mol. The van der Waals surface area contributed by atoms with E-state index in [1.165, 1.54) is 17.5 Å². The van der Waals surface area contributed by atoms with E-state index in [1.54, 1.807) is 6.08 Å². The minimum absolute atomic E-state index is 0.0125. The van der Waals surface area contributed by atoms with E-state index in [0.29, 0.717) is 5.69 Å². The first kappa shape index (κ1) is 12.4. The van der Waals surface area contributed by atoms with E-state index >= 15 is 0 Å². The van der Waals surface area contributed by atoms with Crippen LogP contribution in [0.2, 0.25) is 0 Å². The Morgan fingerprint density at radius 2 is 2.18 bits per heavy atom. The van der Waals surface area contributed by atoms with E-state index in [-0.39, 0.29) is 22.0 Å². The quantitative estimate of drug-likeness (QED) is 0.816. The molecule has 0 radical (unpaired) electrons. The second-order valence-corrected chi connectivity index (χ2v) is 6.55. The minimum atomic E-state index is -3.12. The number of sulfone groups is 1. The number of benzene rings is 1. The van der Waals surface area contributed by atoms with Crippen molar-refractivity contribution in [3.63, 3.8) is 0 Å². The summed E-state index contributed by atoms with van der Waals surface area (Å²) in [6.07, 6.45) is 1.55. The predicted molar refractivity (Wildman–Crippen MR) is 68.8 cm³/mol. The Bertz CT molecular complexity index is 586. The van der Waals surface area contributed by atoms with E-state index in [2.05, 4.69) is 21.2 Å². The van der Waals surface area contributed by atoms with Crippen LogP contribution < -0.4 is 11.1 Å². The highest BCUT2D eigenvalue weighted by Gasteiger charge is 2.22. The first-order valence-corrected chi connectivity index (χ1v) is 7.30. The molecule has 7 heteroatoms. The van der Waals surface area contributed by atoms with Gasteiger partial charge in [0, 0.05) is 11.5 Å². The van der Waals surface area contributed by atoms with Gasteiger partial charge in [-0.3, -0.25) is 0 Å². The molecule has 0 bridgehead atoms. The van der Waals surface area contributed by atoms with Crippen molar-refractivity contribution in [1.82, 2.24) is 0 Å². The third kappa shape index (κ3) is 2.78. The highest BCUT2D eigenvalue weighted by Crippen LogP contribution is 2.28. The van der Waals surface area contributed by atoms with Crippen molar-refractivity contribution < 1.29 is 12.8 Å². The molecule has 1 unspecified atom stereocenters. The van der Waals surface area contributed by atoms with Gasteiger partial charge in [0.2, 0.25) is 0 Å². The molecule has 0 saturated carbocycles. The molecule has 17 heavy (non-hydrogen) atoms. The Hall–Kier alpha value is -1.08. The number of nitrogen functional groups attached to an aromatic ring is 1. The van der Waals surface area contributed by atoms with E-state index in [9.17, 15) is 12.8 Å². The molecule has 1 aromatic rings. The fraction of sp³-hybridized carbons (Fsp3) is 0.200. The molecule has 1 aliphatic rings. The number of nitrogens with two attached hydrogens (primary N) is 1. The zero-order chi connectivity index (χ0) is 12.6. The van der Waals surface area contributed by atoms with Crippen molar-refractivity contribution in [2.45, 2.75) is 6.04 Å². The van der Waals surface area contributed by atoms with Crippen molar-refractivity contribution in [2.75, 3.05) is 16.8 Å². The molecule has 0 aliphatic carbocycles. The van der Waals surface area contributed by atoms with Crippen molar-refractivity contribution in [3.05, 3.63) is 33.9 Å². The number of hydrogen-bond acceptors (Lipinski definition) is 4. The van der Waals surface area contributed by atoms with Crippen LogP contribution in [0.5, 0.6) is 0 Å². The summed E-state index contributed by atoms with van der Waals surface area (Å²) in [5.41, 5.74) is 6.38. The Morgan fingerprint density at radius 1 is 1.47 bits per heavy atom. The third-order valence-electron chi connectivity index (χ3n) is 2.36. The van der Waals surface area contributed by atoms with E-state index in [0.717, 1.165) is 0 Å². The Labute approximate surface area is 107 Å². The maximum Gasteiger partial charge on any atom is 0.173 e. The summed E-state index contributed by atoms with van der Waals surface area (Å²) in [6, 6.07) is 2.34. The van der Waals surface area contributed by atoms with Gasteiger partial charge in [0.05, 0.1) is 27.6 Å². The Kier molecular flexibility index (Phi) is 3.13. The Balaban J connectivity index is 2.21. The zero-order valence-corrected chi connectivity index (χ0v) is 11.1. The van der Waals surface area contributed by atoms with Gasteiger partial charge in [0.25, 0.3) is 0 Å². The van der Waals surface area contributed by atoms with Gasteiger partial charge in [-0.25, -0.2) is 12.8 Å². The second kappa shape index (κ2) is 4.30. The van der Waals surface area contributed by atoms with E-state index < -0.39 is 15.7 Å². The summed E-state index contributed by atoms with van der Waals surface area (Å²) < 4.78 is 35.8. The minimum Gasteiger partial charge on any atom is -0.397 e. The van der Waals surface area contributed by atoms with Crippen LogP contribution in [0.1, 0.15) is 0 Å². The molecule has 1 atom stereocenters. The molecule has 0 spiro atoms. The maximum absolute atomic E-state index is 13.1. The standard InChI is InChI=1S/C10H10BrFN2O2S/c11-7-3-10(9(13)4-8(7)12)14-6-1-2-17(15,16)5-6/h1-4,6,14H,5,13H2. The van der Waals surface area contributed by atoms with Gasteiger partial charge >= 0.3 is 0 Å². The normalized spacial score (nSPS) is 21.6. The van der Waals surface area contributed by atoms with Crippen LogP contribution in [-0.2, 0) is 9.84 Å². The molecule has 4 nitrogen and oxygen atoms in total. The highest BCUT2D eigenvalue weighted by atomic mass is 79.9. The largest absolute Gasteiger partial charge is 0.397 e. The van der Waals surface area contributed by atoms with Crippen LogP contribution in [0, 0.1) is 5.82 Å². The molecule has 0 amide bonds. The second-order valence-electron chi connectivity index (χ2n) is 3.76. The molecule has 2 rings (SSSR count). The number of anilines is 2. The van der Waals surface area contributed by atoms with Crippen molar-refractivity contribution >= 4 is 37.1 Å². The van der Waals surface area contributed by atoms with Crippen LogP contribution in [-0.4, -0.2) is 20.2 Å². The molecule has 0 fully saturated rings. The molecule has 3 N–H and O–H groups in total. The topological polar surface area (TPSA) is 72.2 Å². The monoisotopic (exact) mass is 320 g/mol. The fourth-order valence-corrected chi connectivity index (χ4v) is 3.13. The lowest BCUT2D eigenvalue weighted by Gasteiger charge is -2.14. The molecule has 0 saturated heterocycles. The summed E-state index contributed by atoms with van der Waals surface area (Å²) in [6.45, 7) is 0. The third-order valence-corrected chi connectivity index (χ3v) is 4.37. The number of nitrogens with one attached hydrogen (secondary N) is 1. The van der Waals surface area contributed by atoms with Gasteiger partial charge in [0.1, 0.15) is 5.82 Å². The molecule has 92 valence electrons. The van der Waals surface area contributed by atoms with Gasteiger partial charge in [-0.05, 0) is 22.0 Å². The summed E-state index contributed by atoms with van der Waals surface area (Å²) >= 11 is 3.05. The first-order chi connectivity index (χ1) is 7.87. The summed E-state index contributed by atoms with van der Waals surface area (Å²) in [5, 5.41) is 4.11. The lowest BCUT2D eigenvalue weighted by Crippen LogP contribution is -2.21. The number of rotatable bonds is 2. The SMILES string of the molecule is Nc1cc(F)c(Br)cc1NC1C=CS(=O)(=O)C1. The zero-order valence-electron chi connectivity index (χ0n) is 8.65. The van der Waals surface area contributed by atoms with Crippen molar-refractivity contribution in [2.24, 2.45) is 0 Å². The summed E-state index contributed by atoms with van der Waals surface area (Å²) in [7, 11) is -3.12. The number of halogens is 2. The molecule has 1 aliphatic heterocycles. The lowest BCUT2D eigenvalue weighted by atomic mass is 10.2. The smallest absolute Gasteiger partial charge is 0.173 e. The maximum atomic E-state index is 13.1. The van der Waals surface area contributed by atoms with Crippen LogP contribution >= 0.6 is 15.9 Å². The molecule has 0 aromatic heterocycles. The fourth-order valence-electron chi connectivity index (χ4n) is 1.55. The van der Waals surface area contributed by atoms with Gasteiger partial charge < -0.3 is 11.1 Å². The molecule has 1 heterocycles. The van der Waals surface area contributed by atoms with Crippen molar-refractivity contribution in [3.8, 4) is 0 Å². The highest BCUT2D eigenvalue weighted by molar-refractivity contribution is 9.10. The summed E-state index contributed by atoms with van der Waals surface area (Å²) in [5.74, 6) is -0.468. The van der Waals surface area contributed by atoms with Crippen LogP contribution in [0.4, 0.5) is 15.8 Å². The van der Waals surface area contributed by atoms with Gasteiger partial charge in [-0.2, -0.15) is 0 Å². The summed E-state index contributed by atoms with van der Waals surface area (Å²) in [4.78, 5) is 0. The molecule has 1 aromatic carbocycles. The van der Waals surface area contributed by atoms with Gasteiger partial charge in [-0.1, -0.05) is 6.08 Å². The van der Waals surface area contributed by atoms with Crippen LogP contribution in [0.25, 0.3) is 0 Å². The van der Waals surface area contributed by atoms with Gasteiger partial charge in [0.15, 0.2) is 9.84 Å². The lowest BCUT2D eigenvalue weighted by molar-refractivity contribution is 0.605. The van der Waals surface area contributed by atoms with Crippen LogP contribution in [0.15, 0.2) is 28.1 Å². The average Bonchev–Trinajstić information content (AvgIpc) is 2.54. The van der Waals surface area contributed by atoms with Crippen LogP contribution in [0.3, 0.4) is 0 Å². The van der Waals surface area contributed by atoms with E-state index in [4.69, 9.17) is 5.73 Å². The molecular formula is C10H10BrFN2O2S. The van der Waals surface area contributed by atoms with Crippen molar-refractivity contribution in [1.29, 1.82) is 0 Å². The predicted octanol–water partition coefficient (Wildman–Crippen LogP) is 1.89. The first-order valence-electron chi connectivity index (χ1n) is 4.79. The number of hydrogen-bond donors (Lipinski definition) is 2. The Morgan fingerprint density at radius 3 is 2.76 bits per heavy atom. The molecular weight excluding hydrogens is 311 g/mol. The van der Waals surface area contributed by atoms with Gasteiger partial charge in [-0.15, -0.1) is 0 Å². The van der Waals surface area contributed by atoms with E-state index in [1.807, 2.05) is 0 Å².